The first-order valence-corrected chi connectivity index (χ1v) is 6.86. The molecule has 64 valence electrons. The predicted octanol–water partition coefficient (Wildman–Crippen LogP) is 3.90. The van der Waals surface area contributed by atoms with Crippen LogP contribution in [0.1, 0.15) is 20.8 Å². The summed E-state index contributed by atoms with van der Waals surface area (Å²) in [6.07, 6.45) is 0. The summed E-state index contributed by atoms with van der Waals surface area (Å²) >= 11 is -0.346. The van der Waals surface area contributed by atoms with Crippen molar-refractivity contribution in [3.8, 4) is 0 Å². The summed E-state index contributed by atoms with van der Waals surface area (Å²) in [7, 11) is 9.71. The number of hydrogen-bond acceptors (Lipinski definition) is 0. The Morgan fingerprint density at radius 2 is 0.778 bits per heavy atom. The fourth-order valence-corrected chi connectivity index (χ4v) is 0. The van der Waals surface area contributed by atoms with Gasteiger partial charge in [0.1, 0.15) is 0 Å². The van der Waals surface area contributed by atoms with Crippen LogP contribution in [0.5, 0.6) is 0 Å². The van der Waals surface area contributed by atoms with Gasteiger partial charge in [-0.25, -0.2) is 0 Å². The van der Waals surface area contributed by atoms with Crippen LogP contribution in [-0.2, 0) is 15.1 Å². The van der Waals surface area contributed by atoms with Crippen LogP contribution in [0.3, 0.4) is 0 Å². The van der Waals surface area contributed by atoms with Crippen LogP contribution in [0.15, 0.2) is 0 Å². The molecule has 0 aromatic carbocycles. The first-order valence-electron chi connectivity index (χ1n) is 2.39. The van der Waals surface area contributed by atoms with E-state index < -0.39 is 0 Å². The molecule has 0 aliphatic rings. The van der Waals surface area contributed by atoms with Crippen LogP contribution >= 0.6 is 19.4 Å². The molecule has 0 fully saturated rings. The third-order valence-corrected chi connectivity index (χ3v) is 0. The zero-order valence-electron chi connectivity index (χ0n) is 6.23. The Kier molecular flexibility index (Phi) is 318. The van der Waals surface area contributed by atoms with Crippen LogP contribution < -0.4 is 0 Å². The first kappa shape index (κ1) is 22.5. The molecule has 0 rings (SSSR count). The Morgan fingerprint density at radius 1 is 0.778 bits per heavy atom. The molecule has 0 aliphatic carbocycles. The zero-order chi connectivity index (χ0) is 8.71. The van der Waals surface area contributed by atoms with Crippen LogP contribution in [0.25, 0.3) is 0 Å². The molecule has 0 atom stereocenters. The van der Waals surface area contributed by atoms with Gasteiger partial charge in [0.05, 0.1) is 0 Å². The molecule has 0 aromatic rings. The van der Waals surface area contributed by atoms with E-state index >= 15 is 0 Å². The Balaban J connectivity index is -0.0000000190. The van der Waals surface area contributed by atoms with E-state index in [-0.39, 0.29) is 15.1 Å². The van der Waals surface area contributed by atoms with Gasteiger partial charge in [-0.1, -0.05) is 0 Å². The second-order valence-corrected chi connectivity index (χ2v) is 2.69. The minimum absolute atomic E-state index is 0.346. The molecule has 0 saturated carbocycles. The van der Waals surface area contributed by atoms with Crippen molar-refractivity contribution in [2.45, 2.75) is 20.8 Å². The molecular formula is C6H15Cl2Ru-3. The van der Waals surface area contributed by atoms with E-state index in [4.69, 9.17) is 19.4 Å². The topological polar surface area (TPSA) is 0 Å². The maximum absolute atomic E-state index is 4.85. The quantitative estimate of drug-likeness (QED) is 0.457. The average Bonchev–Trinajstić information content (AvgIpc) is 2.01. The average molecular weight is 259 g/mol. The van der Waals surface area contributed by atoms with Gasteiger partial charge in [-0.05, 0) is 0 Å². The fourth-order valence-electron chi connectivity index (χ4n) is 0. The summed E-state index contributed by atoms with van der Waals surface area (Å²) in [4.78, 5) is 0. The second-order valence-electron chi connectivity index (χ2n) is 0.0505. The van der Waals surface area contributed by atoms with Crippen molar-refractivity contribution < 1.29 is 15.1 Å². The Bertz CT molecular complexity index is 11.0. The summed E-state index contributed by atoms with van der Waals surface area (Å²) in [5.74, 6) is 0. The van der Waals surface area contributed by atoms with E-state index in [2.05, 4.69) is 20.8 Å². The van der Waals surface area contributed by atoms with Crippen LogP contribution in [-0.4, -0.2) is 0 Å². The molecule has 0 nitrogen and oxygen atoms in total. The van der Waals surface area contributed by atoms with Crippen molar-refractivity contribution >= 4 is 19.4 Å². The summed E-state index contributed by atoms with van der Waals surface area (Å²) < 4.78 is 0. The van der Waals surface area contributed by atoms with Gasteiger partial charge in [0.15, 0.2) is 0 Å². The first-order chi connectivity index (χ1) is 4.41. The summed E-state index contributed by atoms with van der Waals surface area (Å²) in [5.41, 5.74) is 0. The fraction of sp³-hybridized carbons (Fsp3) is 0.500. The summed E-state index contributed by atoms with van der Waals surface area (Å²) in [6.45, 7) is 15.0. The van der Waals surface area contributed by atoms with Crippen molar-refractivity contribution in [1.29, 1.82) is 0 Å². The third kappa shape index (κ3) is 330. The van der Waals surface area contributed by atoms with Gasteiger partial charge in [0.25, 0.3) is 0 Å². The molecule has 0 aliphatic heterocycles. The normalized spacial score (nSPS) is 4.44. The number of hydrogen-bond donors (Lipinski definition) is 0. The molecule has 0 bridgehead atoms. The standard InChI is InChI=1S/3C2H5.2ClH.Ru/c3*1-2;;;/h3*1H2,2H3;2*1H;/q3*-1;;;+2/p-2. The van der Waals surface area contributed by atoms with Gasteiger partial charge >= 0.3 is 34.5 Å². The SMILES string of the molecule is [CH2-]C.[CH2-]C.[CH2-]C.[Cl][Ru][Cl]. The molecule has 9 heavy (non-hydrogen) atoms. The van der Waals surface area contributed by atoms with E-state index in [0.717, 1.165) is 0 Å². The van der Waals surface area contributed by atoms with Crippen molar-refractivity contribution in [3.05, 3.63) is 20.8 Å². The van der Waals surface area contributed by atoms with Crippen molar-refractivity contribution in [1.82, 2.24) is 0 Å². The van der Waals surface area contributed by atoms with Gasteiger partial charge < -0.3 is 20.8 Å². The monoisotopic (exact) mass is 259 g/mol. The summed E-state index contributed by atoms with van der Waals surface area (Å²) in [5, 5.41) is 0. The van der Waals surface area contributed by atoms with E-state index in [9.17, 15) is 0 Å². The molecule has 0 heterocycles. The van der Waals surface area contributed by atoms with Gasteiger partial charge in [0, 0.05) is 0 Å². The van der Waals surface area contributed by atoms with Crippen molar-refractivity contribution in [2.24, 2.45) is 0 Å². The van der Waals surface area contributed by atoms with Gasteiger partial charge in [-0.15, -0.1) is 0 Å². The van der Waals surface area contributed by atoms with Gasteiger partial charge in [0.2, 0.25) is 0 Å². The molecule has 3 heteroatoms. The minimum atomic E-state index is -0.346. The van der Waals surface area contributed by atoms with Crippen molar-refractivity contribution in [2.75, 3.05) is 0 Å². The van der Waals surface area contributed by atoms with Crippen molar-refractivity contribution in [3.63, 3.8) is 0 Å². The van der Waals surface area contributed by atoms with E-state index in [0.29, 0.717) is 0 Å². The van der Waals surface area contributed by atoms with Crippen LogP contribution in [0.2, 0.25) is 0 Å². The molecule has 0 amide bonds. The number of rotatable bonds is 0. The molecule has 0 saturated heterocycles. The van der Waals surface area contributed by atoms with Gasteiger partial charge in [-0.3, -0.25) is 0 Å². The maximum atomic E-state index is 4.85. The third-order valence-electron chi connectivity index (χ3n) is 0. The van der Waals surface area contributed by atoms with Crippen LogP contribution in [0.4, 0.5) is 0 Å². The zero-order valence-corrected chi connectivity index (χ0v) is 9.48. The molecule has 0 N–H and O–H groups in total. The summed E-state index contributed by atoms with van der Waals surface area (Å²) in [6, 6.07) is 0. The molecule has 0 spiro atoms. The van der Waals surface area contributed by atoms with E-state index in [1.54, 1.807) is 20.8 Å². The Hall–Kier alpha value is 1.20. The predicted molar refractivity (Wildman–Crippen MR) is 44.8 cm³/mol. The van der Waals surface area contributed by atoms with E-state index in [1.165, 1.54) is 0 Å². The Labute approximate surface area is 76.0 Å². The Morgan fingerprint density at radius 3 is 0.778 bits per heavy atom. The second kappa shape index (κ2) is 128. The molecule has 0 unspecified atom stereocenters. The van der Waals surface area contributed by atoms with Crippen LogP contribution in [0, 0.1) is 20.8 Å². The molecule has 0 aromatic heterocycles. The molecule has 0 radical (unpaired) electrons. The molecular weight excluding hydrogens is 244 g/mol. The van der Waals surface area contributed by atoms with Gasteiger partial charge in [-0.2, -0.15) is 20.8 Å². The van der Waals surface area contributed by atoms with E-state index in [1.807, 2.05) is 0 Å². The number of halogens is 2.